The molecule has 2 heterocycles. The molecule has 0 radical (unpaired) electrons. The Bertz CT molecular complexity index is 1140. The summed E-state index contributed by atoms with van der Waals surface area (Å²) >= 11 is 0. The van der Waals surface area contributed by atoms with Crippen molar-refractivity contribution in [2.45, 2.75) is 19.9 Å². The van der Waals surface area contributed by atoms with Crippen LogP contribution in [0, 0.1) is 12.8 Å². The van der Waals surface area contributed by atoms with Gasteiger partial charge >= 0.3 is 0 Å². The molecule has 7 heteroatoms. The Balaban J connectivity index is 1.65. The van der Waals surface area contributed by atoms with Gasteiger partial charge in [-0.2, -0.15) is 5.10 Å². The van der Waals surface area contributed by atoms with Crippen LogP contribution in [0.3, 0.4) is 0 Å². The van der Waals surface area contributed by atoms with Gasteiger partial charge in [-0.25, -0.2) is 13.1 Å². The minimum Gasteiger partial charge on any atom is -0.311 e. The fourth-order valence-electron chi connectivity index (χ4n) is 3.62. The second-order valence-corrected chi connectivity index (χ2v) is 9.69. The van der Waals surface area contributed by atoms with Crippen LogP contribution in [0.25, 0.3) is 11.3 Å². The van der Waals surface area contributed by atoms with Gasteiger partial charge in [0.1, 0.15) is 5.82 Å². The van der Waals surface area contributed by atoms with Crippen LogP contribution in [0.15, 0.2) is 60.7 Å². The number of benzene rings is 2. The molecule has 1 aliphatic rings. The Morgan fingerprint density at radius 1 is 1.14 bits per heavy atom. The van der Waals surface area contributed by atoms with Crippen LogP contribution >= 0.6 is 0 Å². The molecule has 2 aromatic carbocycles. The monoisotopic (exact) mass is 409 g/mol. The second kappa shape index (κ2) is 7.83. The summed E-state index contributed by atoms with van der Waals surface area (Å²) in [5.74, 6) is -0.223. The number of nitrogens with zero attached hydrogens (tertiary/aromatic N) is 2. The summed E-state index contributed by atoms with van der Waals surface area (Å²) in [6, 6.07) is 19.7. The standard InChI is InChI=1S/C22H23N3O3S/c1-16-7-5-6-10-19(16)20-13-21(23-22(26)18-11-12-29(27,28)15-18)25(24-20)14-17-8-3-2-4-9-17/h2-10,13,18H,11-12,14-15H2,1H3,(H,23,26). The Kier molecular flexibility index (Phi) is 5.24. The molecule has 0 aliphatic carbocycles. The van der Waals surface area contributed by atoms with E-state index in [0.29, 0.717) is 18.8 Å². The molecule has 1 atom stereocenters. The Labute approximate surface area is 170 Å². The summed E-state index contributed by atoms with van der Waals surface area (Å²) in [5, 5.41) is 7.65. The summed E-state index contributed by atoms with van der Waals surface area (Å²) in [5.41, 5.74) is 3.93. The first-order chi connectivity index (χ1) is 13.9. The molecule has 1 fully saturated rings. The quantitative estimate of drug-likeness (QED) is 0.701. The van der Waals surface area contributed by atoms with Gasteiger partial charge in [0.15, 0.2) is 9.84 Å². The van der Waals surface area contributed by atoms with Crippen molar-refractivity contribution in [3.63, 3.8) is 0 Å². The van der Waals surface area contributed by atoms with Gasteiger partial charge in [-0.3, -0.25) is 4.79 Å². The lowest BCUT2D eigenvalue weighted by Crippen LogP contribution is -2.25. The van der Waals surface area contributed by atoms with Crippen molar-refractivity contribution in [1.29, 1.82) is 0 Å². The van der Waals surface area contributed by atoms with E-state index in [1.165, 1.54) is 0 Å². The van der Waals surface area contributed by atoms with E-state index in [2.05, 4.69) is 5.32 Å². The smallest absolute Gasteiger partial charge is 0.229 e. The highest BCUT2D eigenvalue weighted by Crippen LogP contribution is 2.27. The van der Waals surface area contributed by atoms with Crippen LogP contribution in [0.4, 0.5) is 5.82 Å². The topological polar surface area (TPSA) is 81.1 Å². The first-order valence-corrected chi connectivity index (χ1v) is 11.4. The largest absolute Gasteiger partial charge is 0.311 e. The van der Waals surface area contributed by atoms with Crippen molar-refractivity contribution in [3.8, 4) is 11.3 Å². The lowest BCUT2D eigenvalue weighted by molar-refractivity contribution is -0.119. The molecule has 0 spiro atoms. The van der Waals surface area contributed by atoms with E-state index in [0.717, 1.165) is 22.4 Å². The van der Waals surface area contributed by atoms with Crippen molar-refractivity contribution in [1.82, 2.24) is 9.78 Å². The fraction of sp³-hybridized carbons (Fsp3) is 0.273. The zero-order valence-corrected chi connectivity index (χ0v) is 17.0. The first kappa shape index (κ1) is 19.4. The van der Waals surface area contributed by atoms with E-state index in [-0.39, 0.29) is 17.4 Å². The van der Waals surface area contributed by atoms with E-state index >= 15 is 0 Å². The van der Waals surface area contributed by atoms with Crippen LogP contribution in [0.5, 0.6) is 0 Å². The minimum absolute atomic E-state index is 0.0722. The van der Waals surface area contributed by atoms with Crippen molar-refractivity contribution in [2.24, 2.45) is 5.92 Å². The number of aromatic nitrogens is 2. The van der Waals surface area contributed by atoms with Crippen molar-refractivity contribution < 1.29 is 13.2 Å². The third kappa shape index (κ3) is 4.40. The Hall–Kier alpha value is -2.93. The highest BCUT2D eigenvalue weighted by atomic mass is 32.2. The SMILES string of the molecule is Cc1ccccc1-c1cc(NC(=O)C2CCS(=O)(=O)C2)n(Cc2ccccc2)n1. The maximum Gasteiger partial charge on any atom is 0.229 e. The van der Waals surface area contributed by atoms with Crippen LogP contribution in [0.1, 0.15) is 17.5 Å². The van der Waals surface area contributed by atoms with Crippen LogP contribution in [-0.2, 0) is 21.2 Å². The molecule has 0 bridgehead atoms. The van der Waals surface area contributed by atoms with E-state index in [9.17, 15) is 13.2 Å². The van der Waals surface area contributed by atoms with Gasteiger partial charge in [-0.1, -0.05) is 54.6 Å². The third-order valence-electron chi connectivity index (χ3n) is 5.23. The van der Waals surface area contributed by atoms with Crippen molar-refractivity contribution in [2.75, 3.05) is 16.8 Å². The summed E-state index contributed by atoms with van der Waals surface area (Å²) in [4.78, 5) is 12.7. The van der Waals surface area contributed by atoms with E-state index < -0.39 is 15.8 Å². The van der Waals surface area contributed by atoms with Crippen molar-refractivity contribution >= 4 is 21.6 Å². The number of carbonyl (C=O) groups is 1. The minimum atomic E-state index is -3.12. The number of sulfone groups is 1. The van der Waals surface area contributed by atoms with Gasteiger partial charge in [0, 0.05) is 11.6 Å². The number of anilines is 1. The molecule has 150 valence electrons. The molecule has 1 N–H and O–H groups in total. The van der Waals surface area contributed by atoms with Crippen molar-refractivity contribution in [3.05, 3.63) is 71.8 Å². The van der Waals surface area contributed by atoms with Crippen LogP contribution in [0.2, 0.25) is 0 Å². The maximum atomic E-state index is 12.7. The summed E-state index contributed by atoms with van der Waals surface area (Å²) in [6.45, 7) is 2.53. The van der Waals surface area contributed by atoms with Gasteiger partial charge in [-0.05, 0) is 24.5 Å². The fourth-order valence-corrected chi connectivity index (χ4v) is 5.36. The van der Waals surface area contributed by atoms with Gasteiger partial charge in [0.05, 0.1) is 29.7 Å². The van der Waals surface area contributed by atoms with Crippen LogP contribution in [-0.4, -0.2) is 35.6 Å². The number of carbonyl (C=O) groups excluding carboxylic acids is 1. The first-order valence-electron chi connectivity index (χ1n) is 9.60. The molecule has 1 aromatic heterocycles. The molecular weight excluding hydrogens is 386 g/mol. The summed E-state index contributed by atoms with van der Waals surface area (Å²) in [6.07, 6.45) is 0.367. The molecule has 3 aromatic rings. The van der Waals surface area contributed by atoms with Gasteiger partial charge < -0.3 is 5.32 Å². The average molecular weight is 410 g/mol. The van der Waals surface area contributed by atoms with Crippen LogP contribution < -0.4 is 5.32 Å². The van der Waals surface area contributed by atoms with E-state index in [1.807, 2.05) is 67.6 Å². The van der Waals surface area contributed by atoms with Gasteiger partial charge in [0.2, 0.25) is 5.91 Å². The predicted molar refractivity (Wildman–Crippen MR) is 113 cm³/mol. The zero-order valence-electron chi connectivity index (χ0n) is 16.2. The lowest BCUT2D eigenvalue weighted by Gasteiger charge is -2.11. The molecule has 1 aliphatic heterocycles. The highest BCUT2D eigenvalue weighted by Gasteiger charge is 2.33. The lowest BCUT2D eigenvalue weighted by atomic mass is 10.1. The molecular formula is C22H23N3O3S. The molecule has 1 unspecified atom stereocenters. The summed E-state index contributed by atoms with van der Waals surface area (Å²) < 4.78 is 25.2. The molecule has 1 saturated heterocycles. The Morgan fingerprint density at radius 3 is 2.55 bits per heavy atom. The normalized spacial score (nSPS) is 17.9. The molecule has 29 heavy (non-hydrogen) atoms. The molecule has 0 saturated carbocycles. The molecule has 4 rings (SSSR count). The number of rotatable bonds is 5. The average Bonchev–Trinajstić information content (AvgIpc) is 3.26. The van der Waals surface area contributed by atoms with Gasteiger partial charge in [0.25, 0.3) is 0 Å². The number of nitrogens with one attached hydrogen (secondary N) is 1. The zero-order chi connectivity index (χ0) is 20.4. The molecule has 1 amide bonds. The maximum absolute atomic E-state index is 12.7. The van der Waals surface area contributed by atoms with Gasteiger partial charge in [-0.15, -0.1) is 0 Å². The number of amides is 1. The third-order valence-corrected chi connectivity index (χ3v) is 7.00. The van der Waals surface area contributed by atoms with E-state index in [4.69, 9.17) is 5.10 Å². The second-order valence-electron chi connectivity index (χ2n) is 7.46. The highest BCUT2D eigenvalue weighted by molar-refractivity contribution is 7.91. The number of hydrogen-bond acceptors (Lipinski definition) is 4. The Morgan fingerprint density at radius 2 is 1.86 bits per heavy atom. The molecule has 6 nitrogen and oxygen atoms in total. The summed E-state index contributed by atoms with van der Waals surface area (Å²) in [7, 11) is -3.12. The van der Waals surface area contributed by atoms with E-state index in [1.54, 1.807) is 4.68 Å². The number of aryl methyl sites for hydroxylation is 1. The predicted octanol–water partition coefficient (Wildman–Crippen LogP) is 3.28. The number of hydrogen-bond donors (Lipinski definition) is 1.